The van der Waals surface area contributed by atoms with E-state index in [-0.39, 0.29) is 18.2 Å². The van der Waals surface area contributed by atoms with Crippen LogP contribution >= 0.6 is 0 Å². The van der Waals surface area contributed by atoms with E-state index in [1.54, 1.807) is 23.0 Å². The van der Waals surface area contributed by atoms with Gasteiger partial charge in [-0.15, -0.1) is 0 Å². The minimum Gasteiger partial charge on any atom is -0.497 e. The van der Waals surface area contributed by atoms with Crippen LogP contribution in [0.25, 0.3) is 0 Å². The van der Waals surface area contributed by atoms with Gasteiger partial charge in [-0.2, -0.15) is 15.4 Å². The molecule has 11 nitrogen and oxygen atoms in total. The van der Waals surface area contributed by atoms with Gasteiger partial charge in [0.25, 0.3) is 5.91 Å². The quantitative estimate of drug-likeness (QED) is 0.633. The van der Waals surface area contributed by atoms with E-state index in [1.165, 1.54) is 0 Å². The Morgan fingerprint density at radius 1 is 1.15 bits per heavy atom. The SMILES string of the molecule is COc1ccc(COC(=O)N2CCN=C(C=C(N)C(=O)N3CCc4n[nH]nc4C3)CC2)c(C)c1. The number of benzene rings is 1. The third-order valence-electron chi connectivity index (χ3n) is 6.00. The van der Waals surface area contributed by atoms with Crippen molar-refractivity contribution in [1.82, 2.24) is 25.2 Å². The number of aliphatic imine (C=N–C) groups is 1. The number of aromatic nitrogens is 3. The van der Waals surface area contributed by atoms with Crippen molar-refractivity contribution < 1.29 is 19.1 Å². The number of methoxy groups -OCH3 is 1. The van der Waals surface area contributed by atoms with E-state index < -0.39 is 6.09 Å². The second-order valence-corrected chi connectivity index (χ2v) is 8.25. The number of carbonyl (C=O) groups is 2. The van der Waals surface area contributed by atoms with Crippen LogP contribution < -0.4 is 10.5 Å². The molecule has 0 unspecified atom stereocenters. The largest absolute Gasteiger partial charge is 0.497 e. The van der Waals surface area contributed by atoms with Crippen molar-refractivity contribution in [2.45, 2.75) is 32.9 Å². The lowest BCUT2D eigenvalue weighted by molar-refractivity contribution is -0.128. The third kappa shape index (κ3) is 5.36. The summed E-state index contributed by atoms with van der Waals surface area (Å²) >= 11 is 0. The molecule has 0 aliphatic carbocycles. The summed E-state index contributed by atoms with van der Waals surface area (Å²) in [5.41, 5.74) is 10.5. The van der Waals surface area contributed by atoms with E-state index in [9.17, 15) is 9.59 Å². The fourth-order valence-corrected chi connectivity index (χ4v) is 3.94. The van der Waals surface area contributed by atoms with Crippen LogP contribution in [0.2, 0.25) is 0 Å². The molecule has 4 rings (SSSR count). The van der Waals surface area contributed by atoms with Gasteiger partial charge in [0.1, 0.15) is 18.1 Å². The van der Waals surface area contributed by atoms with Crippen molar-refractivity contribution in [2.24, 2.45) is 10.7 Å². The molecule has 2 aromatic rings. The molecule has 3 heterocycles. The van der Waals surface area contributed by atoms with Crippen LogP contribution in [0, 0.1) is 6.92 Å². The Hall–Kier alpha value is -3.89. The number of aryl methyl sites for hydroxylation is 1. The predicted octanol–water partition coefficient (Wildman–Crippen LogP) is 1.33. The van der Waals surface area contributed by atoms with Crippen molar-refractivity contribution in [3.05, 3.63) is 52.5 Å². The van der Waals surface area contributed by atoms with Gasteiger partial charge in [0, 0.05) is 38.2 Å². The minimum absolute atomic E-state index is 0.122. The molecule has 0 atom stereocenters. The number of amides is 2. The third-order valence-corrected chi connectivity index (χ3v) is 6.00. The Labute approximate surface area is 197 Å². The van der Waals surface area contributed by atoms with Gasteiger partial charge in [-0.1, -0.05) is 6.07 Å². The molecule has 0 saturated heterocycles. The molecule has 1 aromatic carbocycles. The number of fused-ring (bicyclic) bond motifs is 1. The van der Waals surface area contributed by atoms with Gasteiger partial charge in [0.15, 0.2) is 0 Å². The van der Waals surface area contributed by atoms with Crippen LogP contribution in [0.4, 0.5) is 4.79 Å². The van der Waals surface area contributed by atoms with Crippen molar-refractivity contribution >= 4 is 17.7 Å². The molecule has 1 aromatic heterocycles. The zero-order valence-electron chi connectivity index (χ0n) is 19.4. The summed E-state index contributed by atoms with van der Waals surface area (Å²) in [6.45, 7) is 4.32. The number of allylic oxidation sites excluding steroid dienone is 1. The lowest BCUT2D eigenvalue weighted by Gasteiger charge is -2.25. The average Bonchev–Trinajstić information content (AvgIpc) is 3.19. The van der Waals surface area contributed by atoms with Crippen LogP contribution in [-0.2, 0) is 29.1 Å². The molecule has 3 N–H and O–H groups in total. The van der Waals surface area contributed by atoms with E-state index in [1.807, 2.05) is 25.1 Å². The first-order valence-corrected chi connectivity index (χ1v) is 11.2. The lowest BCUT2D eigenvalue weighted by Crippen LogP contribution is -2.38. The number of nitrogens with one attached hydrogen (secondary N) is 1. The number of hydrogen-bond donors (Lipinski definition) is 2. The van der Waals surface area contributed by atoms with Crippen molar-refractivity contribution in [1.29, 1.82) is 0 Å². The zero-order chi connectivity index (χ0) is 24.1. The van der Waals surface area contributed by atoms with Gasteiger partial charge in [0.05, 0.1) is 31.6 Å². The molecule has 34 heavy (non-hydrogen) atoms. The molecule has 0 radical (unpaired) electrons. The number of ether oxygens (including phenoxy) is 2. The highest BCUT2D eigenvalue weighted by atomic mass is 16.6. The number of carbonyl (C=O) groups excluding carboxylic acids is 2. The summed E-state index contributed by atoms with van der Waals surface area (Å²) in [7, 11) is 1.61. The predicted molar refractivity (Wildman–Crippen MR) is 124 cm³/mol. The van der Waals surface area contributed by atoms with Crippen LogP contribution in [0.5, 0.6) is 5.75 Å². The molecule has 2 aliphatic heterocycles. The fourth-order valence-electron chi connectivity index (χ4n) is 3.94. The maximum Gasteiger partial charge on any atom is 0.410 e. The van der Waals surface area contributed by atoms with E-state index in [4.69, 9.17) is 15.2 Å². The van der Waals surface area contributed by atoms with Gasteiger partial charge in [-0.05, 0) is 36.3 Å². The second-order valence-electron chi connectivity index (χ2n) is 8.25. The fraction of sp³-hybridized carbons (Fsp3) is 0.435. The van der Waals surface area contributed by atoms with E-state index in [2.05, 4.69) is 20.4 Å². The van der Waals surface area contributed by atoms with E-state index in [0.29, 0.717) is 51.3 Å². The number of hydrogen-bond acceptors (Lipinski definition) is 8. The molecule has 11 heteroatoms. The van der Waals surface area contributed by atoms with Crippen molar-refractivity contribution in [3.63, 3.8) is 0 Å². The van der Waals surface area contributed by atoms with Gasteiger partial charge in [0.2, 0.25) is 0 Å². The smallest absolute Gasteiger partial charge is 0.410 e. The Bertz CT molecular complexity index is 1120. The maximum absolute atomic E-state index is 12.8. The molecule has 2 amide bonds. The second kappa shape index (κ2) is 10.4. The summed E-state index contributed by atoms with van der Waals surface area (Å²) in [6.07, 6.45) is 2.34. The monoisotopic (exact) mass is 467 g/mol. The molecule has 0 fully saturated rings. The van der Waals surface area contributed by atoms with Gasteiger partial charge < -0.3 is 25.0 Å². The molecule has 0 spiro atoms. The van der Waals surface area contributed by atoms with Crippen LogP contribution in [0.1, 0.15) is 28.9 Å². The molecule has 2 aliphatic rings. The molecular formula is C23H29N7O4. The minimum atomic E-state index is -0.392. The maximum atomic E-state index is 12.8. The normalized spacial score (nSPS) is 16.4. The van der Waals surface area contributed by atoms with Crippen LogP contribution in [0.15, 0.2) is 35.0 Å². The number of rotatable bonds is 5. The summed E-state index contributed by atoms with van der Waals surface area (Å²) in [5, 5.41) is 10.7. The average molecular weight is 468 g/mol. The van der Waals surface area contributed by atoms with Crippen LogP contribution in [-0.4, -0.2) is 76.2 Å². The molecular weight excluding hydrogens is 438 g/mol. The zero-order valence-corrected chi connectivity index (χ0v) is 19.4. The number of nitrogens with two attached hydrogens (primary N) is 1. The number of aromatic amines is 1. The van der Waals surface area contributed by atoms with Crippen molar-refractivity contribution in [3.8, 4) is 5.75 Å². The summed E-state index contributed by atoms with van der Waals surface area (Å²) < 4.78 is 10.7. The number of nitrogens with zero attached hydrogens (tertiary/aromatic N) is 5. The standard InChI is InChI=1S/C23H29N7O4/c1-15-11-18(33-2)4-3-16(15)14-34-23(32)29-8-5-17(25-7-10-29)12-19(24)22(31)30-9-6-20-21(13-30)27-28-26-20/h3-4,11-12H,5-10,13-14,24H2,1-2H3,(H,26,27,28). The summed E-state index contributed by atoms with van der Waals surface area (Å²) in [5.74, 6) is 0.505. The first kappa shape index (κ1) is 23.3. The molecule has 180 valence electrons. The van der Waals surface area contributed by atoms with E-state index in [0.717, 1.165) is 28.3 Å². The molecule has 0 bridgehead atoms. The highest BCUT2D eigenvalue weighted by molar-refractivity contribution is 6.03. The Kier molecular flexibility index (Phi) is 7.09. The Morgan fingerprint density at radius 2 is 1.94 bits per heavy atom. The number of H-pyrrole nitrogens is 1. The van der Waals surface area contributed by atoms with Gasteiger partial charge >= 0.3 is 6.09 Å². The summed E-state index contributed by atoms with van der Waals surface area (Å²) in [4.78, 5) is 33.1. The van der Waals surface area contributed by atoms with Gasteiger partial charge in [-0.25, -0.2) is 4.79 Å². The van der Waals surface area contributed by atoms with Crippen molar-refractivity contribution in [2.75, 3.05) is 33.3 Å². The Balaban J connectivity index is 1.29. The van der Waals surface area contributed by atoms with E-state index >= 15 is 0 Å². The highest BCUT2D eigenvalue weighted by Gasteiger charge is 2.25. The van der Waals surface area contributed by atoms with Gasteiger partial charge in [-0.3, -0.25) is 9.79 Å². The van der Waals surface area contributed by atoms with Crippen LogP contribution in [0.3, 0.4) is 0 Å². The first-order chi connectivity index (χ1) is 16.4. The lowest BCUT2D eigenvalue weighted by atomic mass is 10.1. The first-order valence-electron chi connectivity index (χ1n) is 11.2. The Morgan fingerprint density at radius 3 is 2.74 bits per heavy atom. The molecule has 0 saturated carbocycles. The highest BCUT2D eigenvalue weighted by Crippen LogP contribution is 2.18. The topological polar surface area (TPSA) is 139 Å². The summed E-state index contributed by atoms with van der Waals surface area (Å²) in [6, 6.07) is 5.64.